The zero-order valence-electron chi connectivity index (χ0n) is 15.8. The largest absolute Gasteiger partial charge is 0.465 e. The predicted octanol–water partition coefficient (Wildman–Crippen LogP) is 2.76. The standard InChI is InChI=1S/C20H20N4O4/c1-13-7-9-16(10-8-13)24-17(12-27-2)18(22-23-24)19(25)21-15-6-4-5-14(11-15)20(26)28-3/h4-11H,12H2,1-3H3,(H,21,25). The third kappa shape index (κ3) is 4.07. The van der Waals surface area contributed by atoms with E-state index >= 15 is 0 Å². The van der Waals surface area contributed by atoms with Crippen LogP contribution in [-0.4, -0.2) is 41.1 Å². The number of rotatable bonds is 6. The van der Waals surface area contributed by atoms with Crippen LogP contribution in [0, 0.1) is 6.92 Å². The monoisotopic (exact) mass is 380 g/mol. The maximum absolute atomic E-state index is 12.8. The van der Waals surface area contributed by atoms with Gasteiger partial charge >= 0.3 is 5.97 Å². The Morgan fingerprint density at radius 2 is 1.86 bits per heavy atom. The smallest absolute Gasteiger partial charge is 0.337 e. The number of nitrogens with zero attached hydrogens (tertiary/aromatic N) is 3. The second-order valence-electron chi connectivity index (χ2n) is 6.09. The Hall–Kier alpha value is -3.52. The Morgan fingerprint density at radius 3 is 2.54 bits per heavy atom. The number of hydrogen-bond donors (Lipinski definition) is 1. The average molecular weight is 380 g/mol. The number of ether oxygens (including phenoxy) is 2. The van der Waals surface area contributed by atoms with Gasteiger partial charge in [-0.3, -0.25) is 4.79 Å². The number of benzene rings is 2. The van der Waals surface area contributed by atoms with Crippen molar-refractivity contribution in [3.63, 3.8) is 0 Å². The molecule has 8 heteroatoms. The number of esters is 1. The van der Waals surface area contributed by atoms with E-state index in [4.69, 9.17) is 9.47 Å². The molecule has 8 nitrogen and oxygen atoms in total. The number of anilines is 1. The molecule has 0 aliphatic heterocycles. The van der Waals surface area contributed by atoms with E-state index < -0.39 is 11.9 Å². The van der Waals surface area contributed by atoms with Crippen molar-refractivity contribution >= 4 is 17.6 Å². The van der Waals surface area contributed by atoms with E-state index in [0.29, 0.717) is 16.9 Å². The van der Waals surface area contributed by atoms with Crippen LogP contribution in [0.3, 0.4) is 0 Å². The van der Waals surface area contributed by atoms with Gasteiger partial charge in [0.05, 0.1) is 25.0 Å². The van der Waals surface area contributed by atoms with Crippen molar-refractivity contribution in [3.8, 4) is 5.69 Å². The van der Waals surface area contributed by atoms with Crippen LogP contribution in [-0.2, 0) is 16.1 Å². The normalized spacial score (nSPS) is 10.5. The fourth-order valence-electron chi connectivity index (χ4n) is 2.67. The Kier molecular flexibility index (Phi) is 5.81. The lowest BCUT2D eigenvalue weighted by Gasteiger charge is -2.09. The van der Waals surface area contributed by atoms with Gasteiger partial charge in [0, 0.05) is 12.8 Å². The molecule has 0 aliphatic carbocycles. The molecule has 0 bridgehead atoms. The fourth-order valence-corrected chi connectivity index (χ4v) is 2.67. The first-order chi connectivity index (χ1) is 13.5. The first-order valence-electron chi connectivity index (χ1n) is 8.53. The van der Waals surface area contributed by atoms with Crippen LogP contribution in [0.2, 0.25) is 0 Å². The van der Waals surface area contributed by atoms with Gasteiger partial charge in [-0.1, -0.05) is 29.0 Å². The van der Waals surface area contributed by atoms with Crippen LogP contribution in [0.5, 0.6) is 0 Å². The first-order valence-corrected chi connectivity index (χ1v) is 8.53. The number of carbonyl (C=O) groups excluding carboxylic acids is 2. The zero-order valence-corrected chi connectivity index (χ0v) is 15.8. The Labute approximate surface area is 162 Å². The summed E-state index contributed by atoms with van der Waals surface area (Å²) in [5.41, 5.74) is 3.33. The molecule has 0 fully saturated rings. The molecule has 0 atom stereocenters. The van der Waals surface area contributed by atoms with E-state index in [-0.39, 0.29) is 12.3 Å². The number of nitrogens with one attached hydrogen (secondary N) is 1. The number of aromatic nitrogens is 3. The Morgan fingerprint density at radius 1 is 1.11 bits per heavy atom. The lowest BCUT2D eigenvalue weighted by atomic mass is 10.2. The quantitative estimate of drug-likeness (QED) is 0.661. The molecule has 3 aromatic rings. The maximum Gasteiger partial charge on any atom is 0.337 e. The van der Waals surface area contributed by atoms with E-state index in [1.807, 2.05) is 31.2 Å². The molecular formula is C20H20N4O4. The van der Waals surface area contributed by atoms with Gasteiger partial charge in [-0.2, -0.15) is 0 Å². The third-order valence-corrected chi connectivity index (χ3v) is 4.08. The van der Waals surface area contributed by atoms with Crippen molar-refractivity contribution in [1.82, 2.24) is 15.0 Å². The molecule has 28 heavy (non-hydrogen) atoms. The fraction of sp³-hybridized carbons (Fsp3) is 0.200. The van der Waals surface area contributed by atoms with Gasteiger partial charge < -0.3 is 14.8 Å². The van der Waals surface area contributed by atoms with Gasteiger partial charge in [0.15, 0.2) is 5.69 Å². The van der Waals surface area contributed by atoms with Crippen molar-refractivity contribution in [1.29, 1.82) is 0 Å². The molecule has 0 saturated carbocycles. The molecule has 1 heterocycles. The highest BCUT2D eigenvalue weighted by molar-refractivity contribution is 6.04. The van der Waals surface area contributed by atoms with Crippen molar-refractivity contribution in [2.24, 2.45) is 0 Å². The summed E-state index contributed by atoms with van der Waals surface area (Å²) in [5, 5.41) is 10.9. The highest BCUT2D eigenvalue weighted by Gasteiger charge is 2.21. The molecule has 2 aromatic carbocycles. The minimum absolute atomic E-state index is 0.144. The molecule has 0 spiro atoms. The first kappa shape index (κ1) is 19.2. The van der Waals surface area contributed by atoms with E-state index in [0.717, 1.165) is 11.3 Å². The van der Waals surface area contributed by atoms with E-state index in [1.54, 1.807) is 22.9 Å². The molecule has 1 N–H and O–H groups in total. The highest BCUT2D eigenvalue weighted by Crippen LogP contribution is 2.17. The van der Waals surface area contributed by atoms with Crippen LogP contribution in [0.15, 0.2) is 48.5 Å². The Balaban J connectivity index is 1.90. The molecule has 1 aromatic heterocycles. The lowest BCUT2D eigenvalue weighted by Crippen LogP contribution is -2.16. The second kappa shape index (κ2) is 8.45. The van der Waals surface area contributed by atoms with Crippen LogP contribution in [0.1, 0.15) is 32.1 Å². The Bertz CT molecular complexity index is 996. The molecule has 1 amide bonds. The van der Waals surface area contributed by atoms with Gasteiger partial charge in [0.25, 0.3) is 5.91 Å². The summed E-state index contributed by atoms with van der Waals surface area (Å²) in [5.74, 6) is -0.936. The van der Waals surface area contributed by atoms with Crippen LogP contribution in [0.4, 0.5) is 5.69 Å². The minimum atomic E-state index is -0.485. The van der Waals surface area contributed by atoms with E-state index in [1.165, 1.54) is 20.3 Å². The molecule has 0 saturated heterocycles. The number of aryl methyl sites for hydroxylation is 1. The highest BCUT2D eigenvalue weighted by atomic mass is 16.5. The van der Waals surface area contributed by atoms with Crippen LogP contribution < -0.4 is 5.32 Å². The van der Waals surface area contributed by atoms with Gasteiger partial charge in [-0.25, -0.2) is 9.48 Å². The van der Waals surface area contributed by atoms with Crippen molar-refractivity contribution in [3.05, 3.63) is 71.0 Å². The number of methoxy groups -OCH3 is 2. The van der Waals surface area contributed by atoms with Crippen LogP contribution in [0.25, 0.3) is 5.69 Å². The van der Waals surface area contributed by atoms with Gasteiger partial charge in [-0.15, -0.1) is 5.10 Å². The SMILES string of the molecule is COCc1c(C(=O)Nc2cccc(C(=O)OC)c2)nnn1-c1ccc(C)cc1. The summed E-state index contributed by atoms with van der Waals surface area (Å²) in [4.78, 5) is 24.4. The molecule has 3 rings (SSSR count). The van der Waals surface area contributed by atoms with E-state index in [2.05, 4.69) is 15.6 Å². The maximum atomic E-state index is 12.8. The number of carbonyl (C=O) groups is 2. The molecule has 0 radical (unpaired) electrons. The summed E-state index contributed by atoms with van der Waals surface area (Å²) >= 11 is 0. The van der Waals surface area contributed by atoms with Crippen molar-refractivity contribution < 1.29 is 19.1 Å². The zero-order chi connectivity index (χ0) is 20.1. The van der Waals surface area contributed by atoms with Crippen LogP contribution >= 0.6 is 0 Å². The molecular weight excluding hydrogens is 360 g/mol. The lowest BCUT2D eigenvalue weighted by molar-refractivity contribution is 0.0600. The summed E-state index contributed by atoms with van der Waals surface area (Å²) in [6.45, 7) is 2.15. The molecule has 0 unspecified atom stereocenters. The van der Waals surface area contributed by atoms with Crippen molar-refractivity contribution in [2.75, 3.05) is 19.5 Å². The van der Waals surface area contributed by atoms with E-state index in [9.17, 15) is 9.59 Å². The topological polar surface area (TPSA) is 95.3 Å². The molecule has 144 valence electrons. The second-order valence-corrected chi connectivity index (χ2v) is 6.09. The summed E-state index contributed by atoms with van der Waals surface area (Å²) in [7, 11) is 2.84. The van der Waals surface area contributed by atoms with Gasteiger partial charge in [0.1, 0.15) is 5.69 Å². The average Bonchev–Trinajstić information content (AvgIpc) is 3.12. The summed E-state index contributed by atoms with van der Waals surface area (Å²) < 4.78 is 11.5. The predicted molar refractivity (Wildman–Crippen MR) is 103 cm³/mol. The third-order valence-electron chi connectivity index (χ3n) is 4.08. The van der Waals surface area contributed by atoms with Gasteiger partial charge in [-0.05, 0) is 37.3 Å². The van der Waals surface area contributed by atoms with Crippen molar-refractivity contribution in [2.45, 2.75) is 13.5 Å². The summed E-state index contributed by atoms with van der Waals surface area (Å²) in [6.07, 6.45) is 0. The number of hydrogen-bond acceptors (Lipinski definition) is 6. The number of amides is 1. The molecule has 0 aliphatic rings. The van der Waals surface area contributed by atoms with Gasteiger partial charge in [0.2, 0.25) is 0 Å². The summed E-state index contributed by atoms with van der Waals surface area (Å²) in [6, 6.07) is 14.1. The minimum Gasteiger partial charge on any atom is -0.465 e.